The molecule has 0 fully saturated rings. The molecule has 108 valence electrons. The molecular formula is C16H14FNO3. The number of benzene rings is 2. The first-order valence-electron chi connectivity index (χ1n) is 6.45. The van der Waals surface area contributed by atoms with E-state index in [2.05, 4.69) is 5.32 Å². The molecule has 0 aliphatic heterocycles. The maximum absolute atomic E-state index is 13.7. The Morgan fingerprint density at radius 2 is 1.90 bits per heavy atom. The number of nitrogens with one attached hydrogen (secondary N) is 1. The highest BCUT2D eigenvalue weighted by Gasteiger charge is 2.17. The van der Waals surface area contributed by atoms with Gasteiger partial charge in [0.1, 0.15) is 11.4 Å². The van der Waals surface area contributed by atoms with Crippen molar-refractivity contribution in [1.29, 1.82) is 0 Å². The van der Waals surface area contributed by atoms with Gasteiger partial charge in [0, 0.05) is 12.1 Å². The highest BCUT2D eigenvalue weighted by molar-refractivity contribution is 5.99. The lowest BCUT2D eigenvalue weighted by Gasteiger charge is -2.09. The van der Waals surface area contributed by atoms with E-state index in [1.54, 1.807) is 31.2 Å². The van der Waals surface area contributed by atoms with Gasteiger partial charge in [0.25, 0.3) is 5.91 Å². The molecule has 0 unspecified atom stereocenters. The summed E-state index contributed by atoms with van der Waals surface area (Å²) in [5.74, 6) is -2.40. The Balaban J connectivity index is 2.53. The summed E-state index contributed by atoms with van der Waals surface area (Å²) in [7, 11) is 0. The van der Waals surface area contributed by atoms with E-state index < -0.39 is 17.3 Å². The molecule has 1 amide bonds. The predicted molar refractivity (Wildman–Crippen MR) is 76.8 cm³/mol. The Morgan fingerprint density at radius 1 is 1.19 bits per heavy atom. The van der Waals surface area contributed by atoms with Crippen LogP contribution in [0.3, 0.4) is 0 Å². The van der Waals surface area contributed by atoms with Crippen LogP contribution in [0.25, 0.3) is 11.1 Å². The molecule has 2 rings (SSSR count). The summed E-state index contributed by atoms with van der Waals surface area (Å²) in [6, 6.07) is 10.5. The molecule has 0 spiro atoms. The van der Waals surface area contributed by atoms with E-state index in [9.17, 15) is 14.0 Å². The van der Waals surface area contributed by atoms with E-state index in [0.29, 0.717) is 17.7 Å². The van der Waals surface area contributed by atoms with Gasteiger partial charge in [0.2, 0.25) is 0 Å². The number of carbonyl (C=O) groups is 2. The first-order chi connectivity index (χ1) is 10.0. The second kappa shape index (κ2) is 6.17. The molecule has 0 atom stereocenters. The summed E-state index contributed by atoms with van der Waals surface area (Å²) in [6.07, 6.45) is 0. The molecule has 2 aromatic rings. The minimum absolute atomic E-state index is 0.244. The molecule has 21 heavy (non-hydrogen) atoms. The third-order valence-corrected chi connectivity index (χ3v) is 3.00. The van der Waals surface area contributed by atoms with Gasteiger partial charge in [-0.1, -0.05) is 24.3 Å². The number of carboxylic acid groups (broad SMARTS) is 1. The van der Waals surface area contributed by atoms with Crippen LogP contribution in [0.5, 0.6) is 0 Å². The van der Waals surface area contributed by atoms with Crippen molar-refractivity contribution in [3.63, 3.8) is 0 Å². The first-order valence-corrected chi connectivity index (χ1v) is 6.45. The zero-order valence-electron chi connectivity index (χ0n) is 11.4. The second-order valence-corrected chi connectivity index (χ2v) is 4.41. The van der Waals surface area contributed by atoms with Gasteiger partial charge in [-0.3, -0.25) is 4.79 Å². The van der Waals surface area contributed by atoms with E-state index >= 15 is 0 Å². The monoisotopic (exact) mass is 287 g/mol. The van der Waals surface area contributed by atoms with Crippen LogP contribution in [-0.2, 0) is 0 Å². The Bertz CT molecular complexity index is 698. The number of carboxylic acids is 1. The summed E-state index contributed by atoms with van der Waals surface area (Å²) < 4.78 is 13.7. The van der Waals surface area contributed by atoms with Gasteiger partial charge in [-0.15, -0.1) is 0 Å². The largest absolute Gasteiger partial charge is 0.478 e. The van der Waals surface area contributed by atoms with Crippen molar-refractivity contribution in [3.8, 4) is 11.1 Å². The zero-order valence-corrected chi connectivity index (χ0v) is 11.4. The highest BCUT2D eigenvalue weighted by atomic mass is 19.1. The molecule has 0 aliphatic carbocycles. The van der Waals surface area contributed by atoms with E-state index in [1.807, 2.05) is 0 Å². The summed E-state index contributed by atoms with van der Waals surface area (Å²) in [4.78, 5) is 23.0. The first kappa shape index (κ1) is 14.7. The van der Waals surface area contributed by atoms with Crippen molar-refractivity contribution in [2.24, 2.45) is 0 Å². The number of hydrogen-bond donors (Lipinski definition) is 2. The average molecular weight is 287 g/mol. The van der Waals surface area contributed by atoms with Crippen LogP contribution < -0.4 is 5.32 Å². The minimum Gasteiger partial charge on any atom is -0.478 e. The van der Waals surface area contributed by atoms with Crippen molar-refractivity contribution in [2.45, 2.75) is 6.92 Å². The van der Waals surface area contributed by atoms with Gasteiger partial charge in [-0.25, -0.2) is 9.18 Å². The van der Waals surface area contributed by atoms with Crippen molar-refractivity contribution >= 4 is 11.9 Å². The van der Waals surface area contributed by atoms with Crippen molar-refractivity contribution in [2.75, 3.05) is 6.54 Å². The SMILES string of the molecule is CCNC(=O)c1cccc(-c2cccc(F)c2C(=O)O)c1. The third kappa shape index (κ3) is 3.08. The fourth-order valence-corrected chi connectivity index (χ4v) is 2.07. The number of rotatable bonds is 4. The predicted octanol–water partition coefficient (Wildman–Crippen LogP) is 2.94. The van der Waals surface area contributed by atoms with E-state index in [-0.39, 0.29) is 11.5 Å². The second-order valence-electron chi connectivity index (χ2n) is 4.41. The quantitative estimate of drug-likeness (QED) is 0.908. The lowest BCUT2D eigenvalue weighted by Crippen LogP contribution is -2.22. The molecule has 5 heteroatoms. The van der Waals surface area contributed by atoms with Gasteiger partial charge in [0.15, 0.2) is 0 Å². The molecule has 0 aromatic heterocycles. The molecular weight excluding hydrogens is 273 g/mol. The lowest BCUT2D eigenvalue weighted by molar-refractivity contribution is 0.0692. The van der Waals surface area contributed by atoms with Crippen LogP contribution in [-0.4, -0.2) is 23.5 Å². The van der Waals surface area contributed by atoms with Gasteiger partial charge in [-0.05, 0) is 36.2 Å². The van der Waals surface area contributed by atoms with Crippen LogP contribution in [0.15, 0.2) is 42.5 Å². The average Bonchev–Trinajstić information content (AvgIpc) is 2.47. The fraction of sp³-hybridized carbons (Fsp3) is 0.125. The standard InChI is InChI=1S/C16H14FNO3/c1-2-18-15(19)11-6-3-5-10(9-11)12-7-4-8-13(17)14(12)16(20)21/h3-9H,2H2,1H3,(H,18,19)(H,20,21). The van der Waals surface area contributed by atoms with Crippen LogP contribution in [0, 0.1) is 5.82 Å². The molecule has 0 saturated heterocycles. The Hall–Kier alpha value is -2.69. The van der Waals surface area contributed by atoms with Crippen molar-refractivity contribution in [1.82, 2.24) is 5.32 Å². The summed E-state index contributed by atoms with van der Waals surface area (Å²) >= 11 is 0. The molecule has 0 heterocycles. The van der Waals surface area contributed by atoms with E-state index in [0.717, 1.165) is 6.07 Å². The third-order valence-electron chi connectivity index (χ3n) is 3.00. The van der Waals surface area contributed by atoms with Gasteiger partial charge in [-0.2, -0.15) is 0 Å². The summed E-state index contributed by atoms with van der Waals surface area (Å²) in [6.45, 7) is 2.29. The minimum atomic E-state index is -1.34. The molecule has 0 aliphatic rings. The number of amides is 1. The fourth-order valence-electron chi connectivity index (χ4n) is 2.07. The lowest BCUT2D eigenvalue weighted by atomic mass is 9.97. The number of hydrogen-bond acceptors (Lipinski definition) is 2. The van der Waals surface area contributed by atoms with Crippen molar-refractivity contribution < 1.29 is 19.1 Å². The van der Waals surface area contributed by atoms with Crippen molar-refractivity contribution in [3.05, 3.63) is 59.4 Å². The van der Waals surface area contributed by atoms with E-state index in [4.69, 9.17) is 5.11 Å². The maximum Gasteiger partial charge on any atom is 0.339 e. The summed E-state index contributed by atoms with van der Waals surface area (Å²) in [5.41, 5.74) is 0.727. The Kier molecular flexibility index (Phi) is 4.33. The number of aromatic carboxylic acids is 1. The molecule has 0 bridgehead atoms. The topological polar surface area (TPSA) is 66.4 Å². The highest BCUT2D eigenvalue weighted by Crippen LogP contribution is 2.26. The van der Waals surface area contributed by atoms with Crippen LogP contribution in [0.1, 0.15) is 27.6 Å². The molecule has 0 radical (unpaired) electrons. The number of carbonyl (C=O) groups excluding carboxylic acids is 1. The molecule has 2 N–H and O–H groups in total. The maximum atomic E-state index is 13.7. The van der Waals surface area contributed by atoms with Crippen LogP contribution in [0.2, 0.25) is 0 Å². The van der Waals surface area contributed by atoms with Gasteiger partial charge >= 0.3 is 5.97 Å². The zero-order chi connectivity index (χ0) is 15.4. The Morgan fingerprint density at radius 3 is 2.57 bits per heavy atom. The van der Waals surface area contributed by atoms with Crippen LogP contribution in [0.4, 0.5) is 4.39 Å². The molecule has 4 nitrogen and oxygen atoms in total. The molecule has 0 saturated carbocycles. The normalized spacial score (nSPS) is 10.2. The smallest absolute Gasteiger partial charge is 0.339 e. The molecule has 2 aromatic carbocycles. The van der Waals surface area contributed by atoms with Crippen LogP contribution >= 0.6 is 0 Å². The number of halogens is 1. The van der Waals surface area contributed by atoms with Gasteiger partial charge < -0.3 is 10.4 Å². The Labute approximate surface area is 121 Å². The van der Waals surface area contributed by atoms with E-state index in [1.165, 1.54) is 12.1 Å². The summed E-state index contributed by atoms with van der Waals surface area (Å²) in [5, 5.41) is 11.8. The van der Waals surface area contributed by atoms with Gasteiger partial charge in [0.05, 0.1) is 0 Å².